The van der Waals surface area contributed by atoms with Crippen LogP contribution >= 0.6 is 0 Å². The SMILES string of the molecule is Cc1cccc(CN(C)C2COCC2C(=O)O)c1. The lowest BCUT2D eigenvalue weighted by atomic mass is 10.0. The predicted octanol–water partition coefficient (Wildman–Crippen LogP) is 1.53. The lowest BCUT2D eigenvalue weighted by Crippen LogP contribution is -2.40. The summed E-state index contributed by atoms with van der Waals surface area (Å²) in [6.07, 6.45) is 0. The maximum Gasteiger partial charge on any atom is 0.310 e. The lowest BCUT2D eigenvalue weighted by Gasteiger charge is -2.26. The van der Waals surface area contributed by atoms with Gasteiger partial charge in [0.2, 0.25) is 0 Å². The lowest BCUT2D eigenvalue weighted by molar-refractivity contribution is -0.143. The first-order valence-electron chi connectivity index (χ1n) is 6.14. The average molecular weight is 249 g/mol. The van der Waals surface area contributed by atoms with Crippen LogP contribution in [0.15, 0.2) is 24.3 Å². The van der Waals surface area contributed by atoms with Crippen molar-refractivity contribution >= 4 is 5.97 Å². The van der Waals surface area contributed by atoms with E-state index < -0.39 is 11.9 Å². The van der Waals surface area contributed by atoms with Crippen molar-refractivity contribution in [3.63, 3.8) is 0 Å². The van der Waals surface area contributed by atoms with E-state index in [0.29, 0.717) is 13.2 Å². The van der Waals surface area contributed by atoms with Crippen LogP contribution in [0.4, 0.5) is 0 Å². The van der Waals surface area contributed by atoms with Gasteiger partial charge >= 0.3 is 5.97 Å². The van der Waals surface area contributed by atoms with Crippen LogP contribution in [0.3, 0.4) is 0 Å². The zero-order valence-electron chi connectivity index (χ0n) is 10.8. The Bertz CT molecular complexity index is 433. The van der Waals surface area contributed by atoms with Crippen molar-refractivity contribution in [2.24, 2.45) is 5.92 Å². The van der Waals surface area contributed by atoms with Gasteiger partial charge in [-0.2, -0.15) is 0 Å². The summed E-state index contributed by atoms with van der Waals surface area (Å²) in [5.74, 6) is -1.19. The molecule has 98 valence electrons. The quantitative estimate of drug-likeness (QED) is 0.879. The van der Waals surface area contributed by atoms with E-state index in [0.717, 1.165) is 6.54 Å². The van der Waals surface area contributed by atoms with Gasteiger partial charge in [-0.25, -0.2) is 0 Å². The molecule has 4 heteroatoms. The van der Waals surface area contributed by atoms with Crippen LogP contribution in [-0.4, -0.2) is 42.3 Å². The molecule has 2 atom stereocenters. The van der Waals surface area contributed by atoms with Crippen molar-refractivity contribution in [1.29, 1.82) is 0 Å². The Morgan fingerprint density at radius 2 is 2.28 bits per heavy atom. The van der Waals surface area contributed by atoms with Crippen molar-refractivity contribution < 1.29 is 14.6 Å². The molecule has 0 radical (unpaired) electrons. The molecule has 4 nitrogen and oxygen atoms in total. The molecule has 1 fully saturated rings. The van der Waals surface area contributed by atoms with Gasteiger partial charge in [0.15, 0.2) is 0 Å². The second-order valence-corrected chi connectivity index (χ2v) is 4.95. The highest BCUT2D eigenvalue weighted by Gasteiger charge is 2.36. The van der Waals surface area contributed by atoms with Crippen LogP contribution in [0.5, 0.6) is 0 Å². The van der Waals surface area contributed by atoms with Crippen molar-refractivity contribution in [2.45, 2.75) is 19.5 Å². The predicted molar refractivity (Wildman–Crippen MR) is 68.4 cm³/mol. The number of rotatable bonds is 4. The third-order valence-corrected chi connectivity index (χ3v) is 3.45. The number of hydrogen-bond acceptors (Lipinski definition) is 3. The Morgan fingerprint density at radius 1 is 1.50 bits per heavy atom. The first-order chi connectivity index (χ1) is 8.58. The summed E-state index contributed by atoms with van der Waals surface area (Å²) in [7, 11) is 1.96. The van der Waals surface area contributed by atoms with Crippen LogP contribution in [0.2, 0.25) is 0 Å². The average Bonchev–Trinajstić information content (AvgIpc) is 2.77. The minimum absolute atomic E-state index is 0.0389. The molecule has 0 spiro atoms. The van der Waals surface area contributed by atoms with Crippen LogP contribution in [0.25, 0.3) is 0 Å². The van der Waals surface area contributed by atoms with E-state index in [-0.39, 0.29) is 6.04 Å². The van der Waals surface area contributed by atoms with Gasteiger partial charge in [-0.3, -0.25) is 9.69 Å². The van der Waals surface area contributed by atoms with Gasteiger partial charge in [0.1, 0.15) is 0 Å². The zero-order chi connectivity index (χ0) is 13.1. The zero-order valence-corrected chi connectivity index (χ0v) is 10.8. The van der Waals surface area contributed by atoms with Gasteiger partial charge in [-0.15, -0.1) is 0 Å². The monoisotopic (exact) mass is 249 g/mol. The highest BCUT2D eigenvalue weighted by molar-refractivity contribution is 5.71. The van der Waals surface area contributed by atoms with Crippen molar-refractivity contribution in [3.8, 4) is 0 Å². The third kappa shape index (κ3) is 2.89. The molecule has 1 aromatic rings. The molecule has 1 N–H and O–H groups in total. The minimum Gasteiger partial charge on any atom is -0.481 e. The highest BCUT2D eigenvalue weighted by atomic mass is 16.5. The van der Waals surface area contributed by atoms with E-state index in [1.54, 1.807) is 0 Å². The van der Waals surface area contributed by atoms with E-state index in [1.807, 2.05) is 13.1 Å². The van der Waals surface area contributed by atoms with Crippen molar-refractivity contribution in [2.75, 3.05) is 20.3 Å². The van der Waals surface area contributed by atoms with E-state index >= 15 is 0 Å². The van der Waals surface area contributed by atoms with Gasteiger partial charge in [0.05, 0.1) is 19.1 Å². The van der Waals surface area contributed by atoms with E-state index in [1.165, 1.54) is 11.1 Å². The van der Waals surface area contributed by atoms with Crippen LogP contribution in [0, 0.1) is 12.8 Å². The number of likely N-dealkylation sites (N-methyl/N-ethyl adjacent to an activating group) is 1. The highest BCUT2D eigenvalue weighted by Crippen LogP contribution is 2.20. The molecule has 2 rings (SSSR count). The molecule has 0 bridgehead atoms. The summed E-state index contributed by atoms with van der Waals surface area (Å²) < 4.78 is 5.29. The molecule has 2 unspecified atom stereocenters. The third-order valence-electron chi connectivity index (χ3n) is 3.45. The molecule has 1 aliphatic rings. The molecule has 0 aliphatic carbocycles. The molecule has 1 aromatic carbocycles. The topological polar surface area (TPSA) is 49.8 Å². The number of carbonyl (C=O) groups is 1. The number of nitrogens with zero attached hydrogens (tertiary/aromatic N) is 1. The van der Waals surface area contributed by atoms with Gasteiger partial charge < -0.3 is 9.84 Å². The normalized spacial score (nSPS) is 23.5. The van der Waals surface area contributed by atoms with Crippen LogP contribution in [-0.2, 0) is 16.1 Å². The summed E-state index contributed by atoms with van der Waals surface area (Å²) in [5.41, 5.74) is 2.42. The fraction of sp³-hybridized carbons (Fsp3) is 0.500. The number of ether oxygens (including phenoxy) is 1. The Hall–Kier alpha value is -1.39. The van der Waals surface area contributed by atoms with Gasteiger partial charge in [-0.1, -0.05) is 29.8 Å². The number of aliphatic carboxylic acids is 1. The van der Waals surface area contributed by atoms with Gasteiger partial charge in [0.25, 0.3) is 0 Å². The fourth-order valence-corrected chi connectivity index (χ4v) is 2.43. The first kappa shape index (κ1) is 13.1. The summed E-state index contributed by atoms with van der Waals surface area (Å²) in [6.45, 7) is 3.62. The largest absolute Gasteiger partial charge is 0.481 e. The number of carboxylic acid groups (broad SMARTS) is 1. The molecule has 1 heterocycles. The molecule has 0 saturated carbocycles. The number of carboxylic acids is 1. The standard InChI is InChI=1S/C14H19NO3/c1-10-4-3-5-11(6-10)7-15(2)13-9-18-8-12(13)14(16)17/h3-6,12-13H,7-9H2,1-2H3,(H,16,17). The Labute approximate surface area is 107 Å². The summed E-state index contributed by atoms with van der Waals surface area (Å²) in [5, 5.41) is 9.14. The second kappa shape index (κ2) is 5.50. The van der Waals surface area contributed by atoms with E-state index in [4.69, 9.17) is 9.84 Å². The number of benzene rings is 1. The molecule has 1 aliphatic heterocycles. The molecule has 0 amide bonds. The Kier molecular flexibility index (Phi) is 3.99. The molecular formula is C14H19NO3. The van der Waals surface area contributed by atoms with E-state index in [9.17, 15) is 4.79 Å². The summed E-state index contributed by atoms with van der Waals surface area (Å²) in [6, 6.07) is 8.24. The Morgan fingerprint density at radius 3 is 2.94 bits per heavy atom. The van der Waals surface area contributed by atoms with Crippen LogP contribution in [0.1, 0.15) is 11.1 Å². The Balaban J connectivity index is 2.03. The smallest absolute Gasteiger partial charge is 0.310 e. The summed E-state index contributed by atoms with van der Waals surface area (Å²) >= 11 is 0. The van der Waals surface area contributed by atoms with Gasteiger partial charge in [0, 0.05) is 12.6 Å². The van der Waals surface area contributed by atoms with E-state index in [2.05, 4.69) is 30.0 Å². The molecule has 18 heavy (non-hydrogen) atoms. The van der Waals surface area contributed by atoms with Crippen molar-refractivity contribution in [1.82, 2.24) is 4.90 Å². The number of aryl methyl sites for hydroxylation is 1. The molecular weight excluding hydrogens is 230 g/mol. The molecule has 1 saturated heterocycles. The summed E-state index contributed by atoms with van der Waals surface area (Å²) in [4.78, 5) is 13.2. The van der Waals surface area contributed by atoms with Gasteiger partial charge in [-0.05, 0) is 19.5 Å². The van der Waals surface area contributed by atoms with Crippen molar-refractivity contribution in [3.05, 3.63) is 35.4 Å². The maximum absolute atomic E-state index is 11.1. The van der Waals surface area contributed by atoms with Crippen LogP contribution < -0.4 is 0 Å². The number of hydrogen-bond donors (Lipinski definition) is 1. The maximum atomic E-state index is 11.1. The second-order valence-electron chi connectivity index (χ2n) is 4.95. The minimum atomic E-state index is -0.770. The fourth-order valence-electron chi connectivity index (χ4n) is 2.43. The molecule has 0 aromatic heterocycles. The first-order valence-corrected chi connectivity index (χ1v) is 6.14.